The van der Waals surface area contributed by atoms with Crippen LogP contribution in [-0.2, 0) is 4.74 Å². The van der Waals surface area contributed by atoms with E-state index in [-0.39, 0.29) is 18.6 Å². The molecular formula is C27H30N4O4. The highest BCUT2D eigenvalue weighted by Gasteiger charge is 2.35. The average Bonchev–Trinajstić information content (AvgIpc) is 2.87. The van der Waals surface area contributed by atoms with Crippen LogP contribution in [0.15, 0.2) is 73.1 Å². The molecule has 0 radical (unpaired) electrons. The van der Waals surface area contributed by atoms with E-state index < -0.39 is 11.7 Å². The van der Waals surface area contributed by atoms with E-state index in [0.29, 0.717) is 31.1 Å². The number of rotatable bonds is 5. The van der Waals surface area contributed by atoms with Crippen molar-refractivity contribution in [3.63, 3.8) is 0 Å². The maximum absolute atomic E-state index is 13.6. The lowest BCUT2D eigenvalue weighted by Gasteiger charge is -2.41. The van der Waals surface area contributed by atoms with Crippen molar-refractivity contribution in [3.05, 3.63) is 78.8 Å². The molecule has 0 N–H and O–H groups in total. The first-order valence-corrected chi connectivity index (χ1v) is 11.6. The molecule has 1 atom stereocenters. The fourth-order valence-corrected chi connectivity index (χ4v) is 3.85. The van der Waals surface area contributed by atoms with Crippen LogP contribution < -0.4 is 4.74 Å². The molecule has 35 heavy (non-hydrogen) atoms. The number of nitrogens with zero attached hydrogens (tertiary/aromatic N) is 4. The number of aromatic nitrogens is 2. The van der Waals surface area contributed by atoms with Gasteiger partial charge in [-0.3, -0.25) is 9.78 Å². The largest absolute Gasteiger partial charge is 0.490 e. The highest BCUT2D eigenvalue weighted by molar-refractivity contribution is 5.93. The Morgan fingerprint density at radius 2 is 1.80 bits per heavy atom. The second kappa shape index (κ2) is 10.5. The van der Waals surface area contributed by atoms with Crippen LogP contribution in [0.5, 0.6) is 5.75 Å². The van der Waals surface area contributed by atoms with Gasteiger partial charge in [0.15, 0.2) is 0 Å². The number of carbonyl (C=O) groups excluding carboxylic acids is 2. The van der Waals surface area contributed by atoms with Crippen molar-refractivity contribution in [3.8, 4) is 17.0 Å². The van der Waals surface area contributed by atoms with Crippen LogP contribution in [0.3, 0.4) is 0 Å². The zero-order valence-corrected chi connectivity index (χ0v) is 20.3. The zero-order valence-electron chi connectivity index (χ0n) is 20.3. The number of benzene rings is 1. The maximum atomic E-state index is 13.6. The van der Waals surface area contributed by atoms with Gasteiger partial charge in [-0.1, -0.05) is 36.4 Å². The molecule has 0 bridgehead atoms. The zero-order chi connectivity index (χ0) is 24.8. The summed E-state index contributed by atoms with van der Waals surface area (Å²) in [5.41, 5.74) is 1.41. The molecule has 4 rings (SSSR count). The third-order valence-electron chi connectivity index (χ3n) is 5.51. The second-order valence-electron chi connectivity index (χ2n) is 9.35. The number of hydrogen-bond acceptors (Lipinski definition) is 6. The molecule has 8 nitrogen and oxygen atoms in total. The van der Waals surface area contributed by atoms with Crippen LogP contribution >= 0.6 is 0 Å². The van der Waals surface area contributed by atoms with Crippen LogP contribution in [0.25, 0.3) is 11.3 Å². The Kier molecular flexibility index (Phi) is 7.29. The summed E-state index contributed by atoms with van der Waals surface area (Å²) >= 11 is 0. The molecule has 2 amide bonds. The fraction of sp³-hybridized carbons (Fsp3) is 0.333. The van der Waals surface area contributed by atoms with Crippen LogP contribution in [0.2, 0.25) is 0 Å². The standard InChI is InChI=1S/C27H30N4O4/c1-27(2,3)35-26(33)30-15-16-31(21(18-30)19-34-22-11-8-14-28-17-22)25(32)24-13-7-12-23(29-24)20-9-5-4-6-10-20/h4-14,17,21H,15-16,18-19H2,1-3H3. The molecule has 0 aliphatic carbocycles. The van der Waals surface area contributed by atoms with Gasteiger partial charge in [0.2, 0.25) is 0 Å². The predicted molar refractivity (Wildman–Crippen MR) is 132 cm³/mol. The van der Waals surface area contributed by atoms with Crippen molar-refractivity contribution < 1.29 is 19.1 Å². The maximum Gasteiger partial charge on any atom is 0.410 e. The van der Waals surface area contributed by atoms with Crippen molar-refractivity contribution in [2.45, 2.75) is 32.4 Å². The summed E-state index contributed by atoms with van der Waals surface area (Å²) in [7, 11) is 0. The number of piperazine rings is 1. The summed E-state index contributed by atoms with van der Waals surface area (Å²) in [5, 5.41) is 0. The first-order chi connectivity index (χ1) is 16.8. The van der Waals surface area contributed by atoms with Gasteiger partial charge in [0.05, 0.1) is 17.9 Å². The minimum atomic E-state index is -0.604. The third-order valence-corrected chi connectivity index (χ3v) is 5.51. The van der Waals surface area contributed by atoms with E-state index in [0.717, 1.165) is 11.3 Å². The van der Waals surface area contributed by atoms with Crippen LogP contribution in [0, 0.1) is 0 Å². The molecular weight excluding hydrogens is 444 g/mol. The molecule has 1 unspecified atom stereocenters. The smallest absolute Gasteiger partial charge is 0.410 e. The number of amides is 2. The Morgan fingerprint density at radius 1 is 1.00 bits per heavy atom. The Hall–Kier alpha value is -3.94. The molecule has 1 saturated heterocycles. The van der Waals surface area contributed by atoms with Crippen molar-refractivity contribution in [1.82, 2.24) is 19.8 Å². The van der Waals surface area contributed by atoms with Gasteiger partial charge in [-0.05, 0) is 45.0 Å². The summed E-state index contributed by atoms with van der Waals surface area (Å²) in [6.45, 7) is 6.70. The number of hydrogen-bond donors (Lipinski definition) is 0. The van der Waals surface area contributed by atoms with E-state index in [1.165, 1.54) is 0 Å². The number of ether oxygens (including phenoxy) is 2. The summed E-state index contributed by atoms with van der Waals surface area (Å²) in [4.78, 5) is 38.3. The minimum absolute atomic E-state index is 0.202. The minimum Gasteiger partial charge on any atom is -0.490 e. The summed E-state index contributed by atoms with van der Waals surface area (Å²) < 4.78 is 11.5. The average molecular weight is 475 g/mol. The third kappa shape index (κ3) is 6.35. The lowest BCUT2D eigenvalue weighted by molar-refractivity contribution is -0.00108. The number of carbonyl (C=O) groups is 2. The molecule has 3 heterocycles. The SMILES string of the molecule is CC(C)(C)OC(=O)N1CCN(C(=O)c2cccc(-c3ccccc3)n2)C(COc2cccnc2)C1. The molecule has 8 heteroatoms. The van der Waals surface area contributed by atoms with Gasteiger partial charge in [0, 0.05) is 31.4 Å². The Balaban J connectivity index is 1.54. The van der Waals surface area contributed by atoms with Crippen molar-refractivity contribution in [2.75, 3.05) is 26.2 Å². The first-order valence-electron chi connectivity index (χ1n) is 11.6. The van der Waals surface area contributed by atoms with Crippen molar-refractivity contribution >= 4 is 12.0 Å². The van der Waals surface area contributed by atoms with Gasteiger partial charge >= 0.3 is 6.09 Å². The summed E-state index contributed by atoms with van der Waals surface area (Å²) in [6.07, 6.45) is 2.88. The van der Waals surface area contributed by atoms with E-state index >= 15 is 0 Å². The molecule has 1 aliphatic rings. The normalized spacial score (nSPS) is 16.0. The molecule has 3 aromatic rings. The second-order valence-corrected chi connectivity index (χ2v) is 9.35. The summed E-state index contributed by atoms with van der Waals surface area (Å²) in [5.74, 6) is 0.393. The Bertz CT molecular complexity index is 1150. The topological polar surface area (TPSA) is 84.9 Å². The predicted octanol–water partition coefficient (Wildman–Crippen LogP) is 4.28. The lowest BCUT2D eigenvalue weighted by Crippen LogP contribution is -2.59. The van der Waals surface area contributed by atoms with E-state index in [1.807, 2.05) is 63.2 Å². The Labute approximate surface area is 205 Å². The highest BCUT2D eigenvalue weighted by atomic mass is 16.6. The molecule has 1 aliphatic heterocycles. The van der Waals surface area contributed by atoms with Gasteiger partial charge in [-0.15, -0.1) is 0 Å². The highest BCUT2D eigenvalue weighted by Crippen LogP contribution is 2.21. The lowest BCUT2D eigenvalue weighted by atomic mass is 10.1. The molecule has 1 aromatic carbocycles. The van der Waals surface area contributed by atoms with Crippen molar-refractivity contribution in [1.29, 1.82) is 0 Å². The van der Waals surface area contributed by atoms with Crippen molar-refractivity contribution in [2.24, 2.45) is 0 Å². The van der Waals surface area contributed by atoms with Crippen LogP contribution in [0.4, 0.5) is 4.79 Å². The first kappa shape index (κ1) is 24.2. The van der Waals surface area contributed by atoms with Gasteiger partial charge in [0.1, 0.15) is 23.7 Å². The van der Waals surface area contributed by atoms with E-state index in [1.54, 1.807) is 40.4 Å². The van der Waals surface area contributed by atoms with Gasteiger partial charge in [0.25, 0.3) is 5.91 Å². The van der Waals surface area contributed by atoms with Gasteiger partial charge in [-0.2, -0.15) is 0 Å². The Morgan fingerprint density at radius 3 is 2.51 bits per heavy atom. The van der Waals surface area contributed by atoms with Gasteiger partial charge in [-0.25, -0.2) is 9.78 Å². The molecule has 0 saturated carbocycles. The molecule has 1 fully saturated rings. The quantitative estimate of drug-likeness (QED) is 0.549. The molecule has 2 aromatic heterocycles. The fourth-order valence-electron chi connectivity index (χ4n) is 3.85. The van der Waals surface area contributed by atoms with E-state index in [4.69, 9.17) is 9.47 Å². The summed E-state index contributed by atoms with van der Waals surface area (Å²) in [6, 6.07) is 18.4. The molecule has 0 spiro atoms. The van der Waals surface area contributed by atoms with E-state index in [9.17, 15) is 9.59 Å². The van der Waals surface area contributed by atoms with E-state index in [2.05, 4.69) is 9.97 Å². The van der Waals surface area contributed by atoms with Gasteiger partial charge < -0.3 is 19.3 Å². The monoisotopic (exact) mass is 474 g/mol. The van der Waals surface area contributed by atoms with Crippen LogP contribution in [-0.4, -0.2) is 69.7 Å². The number of pyridine rings is 2. The van der Waals surface area contributed by atoms with Crippen LogP contribution in [0.1, 0.15) is 31.3 Å². The molecule has 182 valence electrons.